The van der Waals surface area contributed by atoms with Crippen LogP contribution in [0.5, 0.6) is 17.2 Å². The fourth-order valence-corrected chi connectivity index (χ4v) is 5.55. The number of aliphatic hydroxyl groups is 1. The molecule has 2 aromatic carbocycles. The third-order valence-corrected chi connectivity index (χ3v) is 7.57. The second kappa shape index (κ2) is 10.2. The Morgan fingerprint density at radius 3 is 2.66 bits per heavy atom. The number of benzene rings is 2. The molecular formula is C26H31N7O5. The van der Waals surface area contributed by atoms with E-state index in [0.29, 0.717) is 48.3 Å². The number of hydrogen-bond donors (Lipinski definition) is 1. The number of hydrogen-bond acceptors (Lipinski definition) is 10. The molecule has 0 saturated carbocycles. The zero-order valence-electron chi connectivity index (χ0n) is 21.5. The smallest absolute Gasteiger partial charge is 0.253 e. The van der Waals surface area contributed by atoms with Gasteiger partial charge in [-0.2, -0.15) is 4.68 Å². The van der Waals surface area contributed by atoms with Crippen molar-refractivity contribution in [1.82, 2.24) is 34.9 Å². The zero-order chi connectivity index (χ0) is 26.2. The van der Waals surface area contributed by atoms with Gasteiger partial charge in [-0.1, -0.05) is 0 Å². The number of carbonyl (C=O) groups is 1. The Hall–Kier alpha value is -3.74. The number of ether oxygens (including phenoxy) is 3. The van der Waals surface area contributed by atoms with Crippen LogP contribution in [0.4, 0.5) is 0 Å². The van der Waals surface area contributed by atoms with Gasteiger partial charge in [0.05, 0.1) is 19.4 Å². The van der Waals surface area contributed by atoms with E-state index in [-0.39, 0.29) is 25.3 Å². The Bertz CT molecular complexity index is 1320. The number of rotatable bonds is 6. The number of β-amino-alcohol motifs (C(OH)–C–C–N with tert-alkyl or cyclic N) is 1. The third-order valence-electron chi connectivity index (χ3n) is 7.57. The first-order chi connectivity index (χ1) is 18.6. The van der Waals surface area contributed by atoms with Crippen molar-refractivity contribution < 1.29 is 24.1 Å². The topological polar surface area (TPSA) is 118 Å². The van der Waals surface area contributed by atoms with Crippen molar-refractivity contribution in [2.75, 3.05) is 66.8 Å². The van der Waals surface area contributed by atoms with E-state index < -0.39 is 0 Å². The molecule has 200 valence electrons. The standard InChI is InChI=1S/C26H31N7O5/c1-30-8-7-18-15-20-23(38-16-37-20)24(36-2)21(18)22(30)25-27-28-29-33(25)19-5-3-17(4-6-19)26(35)32-11-9-31(10-12-32)13-14-34/h3-6,15,22,34H,7-14,16H2,1-2H3. The first kappa shape index (κ1) is 24.6. The monoisotopic (exact) mass is 521 g/mol. The normalized spacial score (nSPS) is 19.4. The average molecular weight is 522 g/mol. The number of tetrazole rings is 1. The van der Waals surface area contributed by atoms with Crippen molar-refractivity contribution >= 4 is 5.91 Å². The zero-order valence-corrected chi connectivity index (χ0v) is 21.5. The van der Waals surface area contributed by atoms with E-state index in [0.717, 1.165) is 42.9 Å². The number of carbonyl (C=O) groups excluding carboxylic acids is 1. The lowest BCUT2D eigenvalue weighted by Gasteiger charge is -2.35. The van der Waals surface area contributed by atoms with E-state index in [4.69, 9.17) is 19.3 Å². The van der Waals surface area contributed by atoms with Gasteiger partial charge >= 0.3 is 0 Å². The van der Waals surface area contributed by atoms with Crippen LogP contribution in [0.3, 0.4) is 0 Å². The van der Waals surface area contributed by atoms with Crippen LogP contribution >= 0.6 is 0 Å². The fraction of sp³-hybridized carbons (Fsp3) is 0.462. The molecule has 12 nitrogen and oxygen atoms in total. The summed E-state index contributed by atoms with van der Waals surface area (Å²) in [5, 5.41) is 21.9. The van der Waals surface area contributed by atoms with Crippen molar-refractivity contribution in [3.05, 3.63) is 52.8 Å². The van der Waals surface area contributed by atoms with Gasteiger partial charge in [0.25, 0.3) is 5.91 Å². The summed E-state index contributed by atoms with van der Waals surface area (Å²) in [7, 11) is 3.67. The van der Waals surface area contributed by atoms with Crippen molar-refractivity contribution in [3.8, 4) is 22.9 Å². The maximum absolute atomic E-state index is 13.1. The lowest BCUT2D eigenvalue weighted by Crippen LogP contribution is -2.49. The molecule has 0 bridgehead atoms. The molecule has 3 aliphatic rings. The molecule has 1 atom stereocenters. The van der Waals surface area contributed by atoms with E-state index in [1.165, 1.54) is 0 Å². The summed E-state index contributed by atoms with van der Waals surface area (Å²) in [4.78, 5) is 19.3. The van der Waals surface area contributed by atoms with Gasteiger partial charge in [0, 0.05) is 50.4 Å². The van der Waals surface area contributed by atoms with E-state index in [2.05, 4.69) is 25.3 Å². The summed E-state index contributed by atoms with van der Waals surface area (Å²) < 4.78 is 18.9. The van der Waals surface area contributed by atoms with Crippen LogP contribution in [0.2, 0.25) is 0 Å². The quantitative estimate of drug-likeness (QED) is 0.497. The second-order valence-electron chi connectivity index (χ2n) is 9.70. The van der Waals surface area contributed by atoms with Crippen LogP contribution in [-0.4, -0.2) is 113 Å². The van der Waals surface area contributed by atoms with Crippen molar-refractivity contribution in [3.63, 3.8) is 0 Å². The largest absolute Gasteiger partial charge is 0.492 e. The summed E-state index contributed by atoms with van der Waals surface area (Å²) in [5.74, 6) is 2.58. The van der Waals surface area contributed by atoms with Crippen molar-refractivity contribution in [2.45, 2.75) is 12.5 Å². The molecule has 12 heteroatoms. The molecule has 1 saturated heterocycles. The Kier molecular flexibility index (Phi) is 6.60. The van der Waals surface area contributed by atoms with Crippen LogP contribution in [0.25, 0.3) is 5.69 Å². The SMILES string of the molecule is COc1c2c(cc3c1C(c1nnnn1-c1ccc(C(=O)N4CCN(CCO)CC4)cc1)N(C)CC3)OCO2. The summed E-state index contributed by atoms with van der Waals surface area (Å²) in [6.07, 6.45) is 0.835. The first-order valence-electron chi connectivity index (χ1n) is 12.8. The molecule has 1 fully saturated rings. The van der Waals surface area contributed by atoms with Crippen LogP contribution in [0, 0.1) is 0 Å². The van der Waals surface area contributed by atoms with Crippen molar-refractivity contribution in [1.29, 1.82) is 0 Å². The Morgan fingerprint density at radius 2 is 1.92 bits per heavy atom. The van der Waals surface area contributed by atoms with Crippen LogP contribution in [0.15, 0.2) is 30.3 Å². The minimum absolute atomic E-state index is 0.00103. The molecule has 3 aliphatic heterocycles. The summed E-state index contributed by atoms with van der Waals surface area (Å²) >= 11 is 0. The van der Waals surface area contributed by atoms with Gasteiger partial charge in [0.15, 0.2) is 17.3 Å². The minimum Gasteiger partial charge on any atom is -0.492 e. The predicted molar refractivity (Wildman–Crippen MR) is 136 cm³/mol. The predicted octanol–water partition coefficient (Wildman–Crippen LogP) is 0.727. The molecule has 38 heavy (non-hydrogen) atoms. The molecule has 4 heterocycles. The van der Waals surface area contributed by atoms with E-state index >= 15 is 0 Å². The lowest BCUT2D eigenvalue weighted by molar-refractivity contribution is 0.0615. The highest BCUT2D eigenvalue weighted by atomic mass is 16.7. The molecule has 6 rings (SSSR count). The van der Waals surface area contributed by atoms with Gasteiger partial charge in [0.1, 0.15) is 6.04 Å². The minimum atomic E-state index is -0.269. The van der Waals surface area contributed by atoms with Gasteiger partial charge in [-0.3, -0.25) is 14.6 Å². The molecule has 1 aromatic heterocycles. The van der Waals surface area contributed by atoms with E-state index in [1.54, 1.807) is 11.8 Å². The summed E-state index contributed by atoms with van der Waals surface area (Å²) in [6, 6.07) is 9.14. The molecule has 0 spiro atoms. The molecule has 3 aromatic rings. The first-order valence-corrected chi connectivity index (χ1v) is 12.8. The Balaban J connectivity index is 1.28. The number of aromatic nitrogens is 4. The van der Waals surface area contributed by atoms with Crippen LogP contribution < -0.4 is 14.2 Å². The molecule has 0 aliphatic carbocycles. The number of piperazine rings is 1. The fourth-order valence-electron chi connectivity index (χ4n) is 5.55. The number of methoxy groups -OCH3 is 1. The number of fused-ring (bicyclic) bond motifs is 2. The second-order valence-corrected chi connectivity index (χ2v) is 9.70. The molecular weight excluding hydrogens is 490 g/mol. The Morgan fingerprint density at radius 1 is 1.13 bits per heavy atom. The van der Waals surface area contributed by atoms with Crippen molar-refractivity contribution in [2.24, 2.45) is 0 Å². The van der Waals surface area contributed by atoms with Gasteiger partial charge in [0.2, 0.25) is 12.5 Å². The number of aliphatic hydroxyl groups excluding tert-OH is 1. The summed E-state index contributed by atoms with van der Waals surface area (Å²) in [6.45, 7) is 4.56. The Labute approximate surface area is 220 Å². The molecule has 0 radical (unpaired) electrons. The van der Waals surface area contributed by atoms with Crippen LogP contribution in [0.1, 0.15) is 33.4 Å². The van der Waals surface area contributed by atoms with Gasteiger partial charge in [-0.15, -0.1) is 5.10 Å². The lowest BCUT2D eigenvalue weighted by atomic mass is 9.90. The number of amides is 1. The van der Waals surface area contributed by atoms with Gasteiger partial charge in [-0.05, 0) is 59.8 Å². The van der Waals surface area contributed by atoms with E-state index in [9.17, 15) is 4.79 Å². The highest BCUT2D eigenvalue weighted by molar-refractivity contribution is 5.94. The summed E-state index contributed by atoms with van der Waals surface area (Å²) in [5.41, 5.74) is 3.46. The van der Waals surface area contributed by atoms with E-state index in [1.807, 2.05) is 42.3 Å². The average Bonchev–Trinajstić information content (AvgIpc) is 3.62. The highest BCUT2D eigenvalue weighted by Gasteiger charge is 2.37. The van der Waals surface area contributed by atoms with Crippen LogP contribution in [-0.2, 0) is 6.42 Å². The number of likely N-dealkylation sites (N-methyl/N-ethyl adjacent to an activating group) is 1. The maximum Gasteiger partial charge on any atom is 0.253 e. The molecule has 1 amide bonds. The molecule has 1 N–H and O–H groups in total. The third kappa shape index (κ3) is 4.24. The highest BCUT2D eigenvalue weighted by Crippen LogP contribution is 2.50. The number of nitrogens with zero attached hydrogens (tertiary/aromatic N) is 7. The van der Waals surface area contributed by atoms with Gasteiger partial charge in [-0.25, -0.2) is 0 Å². The maximum atomic E-state index is 13.1. The molecule has 1 unspecified atom stereocenters. The van der Waals surface area contributed by atoms with Gasteiger partial charge < -0.3 is 24.2 Å².